The molecule has 0 amide bonds. The van der Waals surface area contributed by atoms with Crippen LogP contribution < -0.4 is 10.6 Å². The molecule has 0 radical (unpaired) electrons. The first-order valence-electron chi connectivity index (χ1n) is 5.25. The number of aliphatic hydroxyl groups excluding tert-OH is 1. The van der Waals surface area contributed by atoms with E-state index in [-0.39, 0.29) is 12.1 Å². The van der Waals surface area contributed by atoms with Crippen molar-refractivity contribution < 1.29 is 5.11 Å². The molecule has 0 aromatic heterocycles. The van der Waals surface area contributed by atoms with Crippen molar-refractivity contribution >= 4 is 21.6 Å². The summed E-state index contributed by atoms with van der Waals surface area (Å²) in [4.78, 5) is 2.06. The second-order valence-corrected chi connectivity index (χ2v) is 5.42. The summed E-state index contributed by atoms with van der Waals surface area (Å²) in [6.45, 7) is 4.58. The number of benzene rings is 1. The van der Waals surface area contributed by atoms with Gasteiger partial charge < -0.3 is 15.7 Å². The van der Waals surface area contributed by atoms with Gasteiger partial charge in [-0.3, -0.25) is 0 Å². The van der Waals surface area contributed by atoms with Crippen LogP contribution in [-0.2, 0) is 6.54 Å². The highest BCUT2D eigenvalue weighted by molar-refractivity contribution is 9.10. The molecule has 0 heterocycles. The van der Waals surface area contributed by atoms with Crippen LogP contribution in [0.1, 0.15) is 19.4 Å². The molecule has 0 bridgehead atoms. The zero-order valence-corrected chi connectivity index (χ0v) is 11.6. The highest BCUT2D eigenvalue weighted by atomic mass is 79.9. The van der Waals surface area contributed by atoms with Crippen molar-refractivity contribution in [2.45, 2.75) is 25.9 Å². The van der Waals surface area contributed by atoms with Crippen molar-refractivity contribution in [2.75, 3.05) is 18.6 Å². The van der Waals surface area contributed by atoms with E-state index >= 15 is 0 Å². The third-order valence-corrected chi connectivity index (χ3v) is 3.41. The predicted molar refractivity (Wildman–Crippen MR) is 71.6 cm³/mol. The fourth-order valence-electron chi connectivity index (χ4n) is 1.48. The summed E-state index contributed by atoms with van der Waals surface area (Å²) in [5.41, 5.74) is 7.57. The largest absolute Gasteiger partial charge is 0.394 e. The van der Waals surface area contributed by atoms with E-state index in [0.717, 1.165) is 15.7 Å². The molecule has 0 spiro atoms. The molecule has 0 saturated carbocycles. The minimum Gasteiger partial charge on any atom is -0.394 e. The molecule has 0 aliphatic heterocycles. The maximum atomic E-state index is 9.36. The molecule has 4 heteroatoms. The molecule has 3 nitrogen and oxygen atoms in total. The first kappa shape index (κ1) is 13.5. The van der Waals surface area contributed by atoms with Crippen LogP contribution in [0.4, 0.5) is 5.69 Å². The average Bonchev–Trinajstić information content (AvgIpc) is 2.27. The SMILES string of the molecule is CN(c1ccc(Br)cc1CN)C(C)(C)CO. The van der Waals surface area contributed by atoms with E-state index in [0.29, 0.717) is 6.54 Å². The van der Waals surface area contributed by atoms with Crippen LogP contribution in [0.15, 0.2) is 22.7 Å². The molecule has 3 N–H and O–H groups in total. The molecular formula is C12H19BrN2O. The van der Waals surface area contributed by atoms with Crippen molar-refractivity contribution in [1.82, 2.24) is 0 Å². The van der Waals surface area contributed by atoms with Gasteiger partial charge in [-0.15, -0.1) is 0 Å². The molecule has 0 aliphatic rings. The summed E-state index contributed by atoms with van der Waals surface area (Å²) in [5.74, 6) is 0. The number of aliphatic hydroxyl groups is 1. The van der Waals surface area contributed by atoms with Gasteiger partial charge in [0.25, 0.3) is 0 Å². The van der Waals surface area contributed by atoms with Gasteiger partial charge in [-0.25, -0.2) is 0 Å². The summed E-state index contributed by atoms with van der Waals surface area (Å²) in [6, 6.07) is 6.02. The monoisotopic (exact) mass is 286 g/mol. The Balaban J connectivity index is 3.13. The molecule has 0 atom stereocenters. The number of hydrogen-bond acceptors (Lipinski definition) is 3. The summed E-state index contributed by atoms with van der Waals surface area (Å²) >= 11 is 3.43. The second-order valence-electron chi connectivity index (χ2n) is 4.51. The van der Waals surface area contributed by atoms with E-state index in [2.05, 4.69) is 20.8 Å². The minimum atomic E-state index is -0.294. The topological polar surface area (TPSA) is 49.5 Å². The lowest BCUT2D eigenvalue weighted by molar-refractivity contribution is 0.216. The van der Waals surface area contributed by atoms with Crippen LogP contribution in [0.2, 0.25) is 0 Å². The fraction of sp³-hybridized carbons (Fsp3) is 0.500. The molecule has 0 aliphatic carbocycles. The van der Waals surface area contributed by atoms with Crippen molar-refractivity contribution in [1.29, 1.82) is 0 Å². The third kappa shape index (κ3) is 2.75. The van der Waals surface area contributed by atoms with Crippen molar-refractivity contribution in [3.8, 4) is 0 Å². The lowest BCUT2D eigenvalue weighted by Gasteiger charge is -2.37. The van der Waals surface area contributed by atoms with Gasteiger partial charge in [-0.1, -0.05) is 15.9 Å². The first-order valence-corrected chi connectivity index (χ1v) is 6.05. The molecule has 1 aromatic rings. The Morgan fingerprint density at radius 2 is 2.06 bits per heavy atom. The van der Waals surface area contributed by atoms with Crippen molar-refractivity contribution in [2.24, 2.45) is 5.73 Å². The van der Waals surface area contributed by atoms with E-state index in [1.807, 2.05) is 39.1 Å². The highest BCUT2D eigenvalue weighted by Gasteiger charge is 2.24. The number of likely N-dealkylation sites (N-methyl/N-ethyl adjacent to an activating group) is 1. The Hall–Kier alpha value is -0.580. The van der Waals surface area contributed by atoms with Crippen molar-refractivity contribution in [3.05, 3.63) is 28.2 Å². The Labute approximate surface area is 105 Å². The number of anilines is 1. The zero-order valence-electron chi connectivity index (χ0n) is 10.00. The van der Waals surface area contributed by atoms with Crippen LogP contribution in [0, 0.1) is 0 Å². The fourth-order valence-corrected chi connectivity index (χ4v) is 1.89. The average molecular weight is 287 g/mol. The van der Waals surface area contributed by atoms with Gasteiger partial charge in [0.1, 0.15) is 0 Å². The molecule has 1 rings (SSSR count). The summed E-state index contributed by atoms with van der Waals surface area (Å²) in [7, 11) is 1.97. The van der Waals surface area contributed by atoms with Crippen molar-refractivity contribution in [3.63, 3.8) is 0 Å². The molecule has 0 fully saturated rings. The summed E-state index contributed by atoms with van der Waals surface area (Å²) < 4.78 is 1.02. The van der Waals surface area contributed by atoms with Crippen LogP contribution >= 0.6 is 15.9 Å². The molecule has 16 heavy (non-hydrogen) atoms. The van der Waals surface area contributed by atoms with Gasteiger partial charge in [0.15, 0.2) is 0 Å². The number of nitrogens with two attached hydrogens (primary N) is 1. The van der Waals surface area contributed by atoms with Gasteiger partial charge in [-0.05, 0) is 37.6 Å². The summed E-state index contributed by atoms with van der Waals surface area (Å²) in [5, 5.41) is 9.36. The molecular weight excluding hydrogens is 268 g/mol. The van der Waals surface area contributed by atoms with E-state index in [1.165, 1.54) is 0 Å². The second kappa shape index (κ2) is 5.17. The van der Waals surface area contributed by atoms with E-state index in [9.17, 15) is 5.11 Å². The maximum absolute atomic E-state index is 9.36. The molecule has 0 saturated heterocycles. The molecule has 1 aromatic carbocycles. The van der Waals surface area contributed by atoms with Gasteiger partial charge in [-0.2, -0.15) is 0 Å². The van der Waals surface area contributed by atoms with Crippen LogP contribution in [0.25, 0.3) is 0 Å². The smallest absolute Gasteiger partial charge is 0.0658 e. The Morgan fingerprint density at radius 3 is 2.56 bits per heavy atom. The Bertz CT molecular complexity index is 366. The van der Waals surface area contributed by atoms with E-state index in [4.69, 9.17) is 5.73 Å². The minimum absolute atomic E-state index is 0.101. The molecule has 90 valence electrons. The standard InChI is InChI=1S/C12H19BrN2O/c1-12(2,8-16)15(3)11-5-4-10(13)6-9(11)7-14/h4-6,16H,7-8,14H2,1-3H3. The normalized spacial score (nSPS) is 11.6. The van der Waals surface area contributed by atoms with Gasteiger partial charge in [0, 0.05) is 23.8 Å². The number of hydrogen-bond donors (Lipinski definition) is 2. The zero-order chi connectivity index (χ0) is 12.3. The van der Waals surface area contributed by atoms with Gasteiger partial charge >= 0.3 is 0 Å². The van der Waals surface area contributed by atoms with Gasteiger partial charge in [0.2, 0.25) is 0 Å². The first-order chi connectivity index (χ1) is 7.42. The Morgan fingerprint density at radius 1 is 1.44 bits per heavy atom. The van der Waals surface area contributed by atoms with Crippen LogP contribution in [0.5, 0.6) is 0 Å². The predicted octanol–water partition coefficient (Wildman–Crippen LogP) is 2.11. The number of halogens is 1. The third-order valence-electron chi connectivity index (χ3n) is 2.92. The molecule has 0 unspecified atom stereocenters. The van der Waals surface area contributed by atoms with E-state index in [1.54, 1.807) is 0 Å². The summed E-state index contributed by atoms with van der Waals surface area (Å²) in [6.07, 6.45) is 0. The van der Waals surface area contributed by atoms with Crippen LogP contribution in [-0.4, -0.2) is 24.3 Å². The Kier molecular flexibility index (Phi) is 4.35. The lowest BCUT2D eigenvalue weighted by Crippen LogP contribution is -2.44. The quantitative estimate of drug-likeness (QED) is 0.891. The van der Waals surface area contributed by atoms with E-state index < -0.39 is 0 Å². The van der Waals surface area contributed by atoms with Crippen LogP contribution in [0.3, 0.4) is 0 Å². The number of rotatable bonds is 4. The highest BCUT2D eigenvalue weighted by Crippen LogP contribution is 2.28. The number of nitrogens with zero attached hydrogens (tertiary/aromatic N) is 1. The maximum Gasteiger partial charge on any atom is 0.0658 e. The lowest BCUT2D eigenvalue weighted by atomic mass is 10.0. The van der Waals surface area contributed by atoms with Gasteiger partial charge in [0.05, 0.1) is 12.1 Å².